The molecular formula is C8H6BrF2NO2. The number of aliphatic carboxylic acids is 1. The van der Waals surface area contributed by atoms with Crippen molar-refractivity contribution in [2.45, 2.75) is 12.8 Å². The van der Waals surface area contributed by atoms with Crippen molar-refractivity contribution >= 4 is 21.9 Å². The molecule has 14 heavy (non-hydrogen) atoms. The molecule has 1 aromatic heterocycles. The second-order valence-corrected chi connectivity index (χ2v) is 3.35. The van der Waals surface area contributed by atoms with Gasteiger partial charge in [0.15, 0.2) is 0 Å². The molecule has 0 fully saturated rings. The molecule has 0 saturated heterocycles. The monoisotopic (exact) mass is 265 g/mol. The third-order valence-corrected chi connectivity index (χ3v) is 2.18. The summed E-state index contributed by atoms with van der Waals surface area (Å²) in [5.74, 6) is -1.07. The van der Waals surface area contributed by atoms with Crippen molar-refractivity contribution in [2.24, 2.45) is 0 Å². The van der Waals surface area contributed by atoms with E-state index in [1.807, 2.05) is 0 Å². The summed E-state index contributed by atoms with van der Waals surface area (Å²) < 4.78 is 24.7. The fourth-order valence-corrected chi connectivity index (χ4v) is 1.32. The van der Waals surface area contributed by atoms with Gasteiger partial charge in [0.25, 0.3) is 6.43 Å². The molecule has 3 nitrogen and oxygen atoms in total. The van der Waals surface area contributed by atoms with Gasteiger partial charge in [-0.25, -0.2) is 13.8 Å². The molecule has 0 aromatic carbocycles. The Morgan fingerprint density at radius 2 is 2.29 bits per heavy atom. The quantitative estimate of drug-likeness (QED) is 0.854. The zero-order chi connectivity index (χ0) is 10.7. The second-order valence-electron chi connectivity index (χ2n) is 2.59. The van der Waals surface area contributed by atoms with Crippen molar-refractivity contribution in [3.8, 4) is 0 Å². The number of halogens is 3. The smallest absolute Gasteiger partial charge is 0.307 e. The van der Waals surface area contributed by atoms with E-state index >= 15 is 0 Å². The lowest BCUT2D eigenvalue weighted by Gasteiger charge is -2.04. The lowest BCUT2D eigenvalue weighted by atomic mass is 10.1. The van der Waals surface area contributed by atoms with E-state index in [4.69, 9.17) is 5.11 Å². The number of alkyl halides is 2. The molecule has 6 heteroatoms. The molecule has 1 heterocycles. The normalized spacial score (nSPS) is 10.6. The lowest BCUT2D eigenvalue weighted by molar-refractivity contribution is -0.136. The van der Waals surface area contributed by atoms with Crippen molar-refractivity contribution in [1.82, 2.24) is 4.98 Å². The molecule has 0 unspecified atom stereocenters. The Hall–Kier alpha value is -1.04. The minimum Gasteiger partial charge on any atom is -0.481 e. The van der Waals surface area contributed by atoms with Crippen LogP contribution in [0.3, 0.4) is 0 Å². The average Bonchev–Trinajstić information content (AvgIpc) is 2.07. The molecule has 0 saturated carbocycles. The Bertz CT molecular complexity index is 357. The predicted octanol–water partition coefficient (Wildman–Crippen LogP) is 2.41. The van der Waals surface area contributed by atoms with Gasteiger partial charge in [0, 0.05) is 6.20 Å². The summed E-state index contributed by atoms with van der Waals surface area (Å²) in [6.45, 7) is 0. The van der Waals surface area contributed by atoms with Crippen molar-refractivity contribution in [1.29, 1.82) is 0 Å². The maximum atomic E-state index is 12.3. The first-order chi connectivity index (χ1) is 6.50. The maximum absolute atomic E-state index is 12.3. The van der Waals surface area contributed by atoms with Crippen LogP contribution in [-0.4, -0.2) is 16.1 Å². The van der Waals surface area contributed by atoms with Crippen LogP contribution in [0, 0.1) is 0 Å². The molecule has 0 aliphatic rings. The van der Waals surface area contributed by atoms with E-state index in [0.29, 0.717) is 0 Å². The van der Waals surface area contributed by atoms with Crippen molar-refractivity contribution < 1.29 is 18.7 Å². The molecule has 0 aliphatic carbocycles. The van der Waals surface area contributed by atoms with Crippen molar-refractivity contribution in [2.75, 3.05) is 0 Å². The highest BCUT2D eigenvalue weighted by Gasteiger charge is 2.14. The van der Waals surface area contributed by atoms with Gasteiger partial charge in [-0.3, -0.25) is 4.79 Å². The number of pyridine rings is 1. The second kappa shape index (κ2) is 4.45. The molecule has 1 N–H and O–H groups in total. The van der Waals surface area contributed by atoms with Crippen LogP contribution >= 0.6 is 15.9 Å². The Labute approximate surface area is 86.9 Å². The Balaban J connectivity index is 3.00. The number of carboxylic acids is 1. The highest BCUT2D eigenvalue weighted by Crippen LogP contribution is 2.26. The number of hydrogen-bond acceptors (Lipinski definition) is 2. The third-order valence-electron chi connectivity index (χ3n) is 1.51. The fraction of sp³-hybridized carbons (Fsp3) is 0.250. The Morgan fingerprint density at radius 3 is 2.79 bits per heavy atom. The van der Waals surface area contributed by atoms with Crippen molar-refractivity contribution in [3.63, 3.8) is 0 Å². The van der Waals surface area contributed by atoms with E-state index in [9.17, 15) is 13.6 Å². The van der Waals surface area contributed by atoms with E-state index in [1.54, 1.807) is 0 Å². The molecule has 1 rings (SSSR count). The van der Waals surface area contributed by atoms with Gasteiger partial charge >= 0.3 is 5.97 Å². The van der Waals surface area contributed by atoms with Crippen LogP contribution in [0.2, 0.25) is 0 Å². The molecule has 0 spiro atoms. The van der Waals surface area contributed by atoms with Gasteiger partial charge in [-0.15, -0.1) is 0 Å². The zero-order valence-corrected chi connectivity index (χ0v) is 8.46. The summed E-state index contributed by atoms with van der Waals surface area (Å²) in [7, 11) is 0. The topological polar surface area (TPSA) is 50.2 Å². The van der Waals surface area contributed by atoms with Crippen LogP contribution in [-0.2, 0) is 11.2 Å². The number of rotatable bonds is 3. The first-order valence-corrected chi connectivity index (χ1v) is 4.44. The van der Waals surface area contributed by atoms with Gasteiger partial charge in [-0.1, -0.05) is 0 Å². The van der Waals surface area contributed by atoms with E-state index in [1.165, 1.54) is 6.20 Å². The van der Waals surface area contributed by atoms with Crippen LogP contribution in [0.1, 0.15) is 17.6 Å². The molecule has 76 valence electrons. The summed E-state index contributed by atoms with van der Waals surface area (Å²) >= 11 is 2.86. The summed E-state index contributed by atoms with van der Waals surface area (Å²) in [4.78, 5) is 13.9. The van der Waals surface area contributed by atoms with Gasteiger partial charge in [0.05, 0.1) is 12.0 Å². The van der Waals surface area contributed by atoms with Crippen LogP contribution in [0.5, 0.6) is 0 Å². The number of nitrogens with zero attached hydrogens (tertiary/aromatic N) is 1. The van der Waals surface area contributed by atoms with Crippen LogP contribution < -0.4 is 0 Å². The molecule has 1 aromatic rings. The van der Waals surface area contributed by atoms with E-state index in [2.05, 4.69) is 20.9 Å². The van der Waals surface area contributed by atoms with E-state index in [-0.39, 0.29) is 22.2 Å². The number of hydrogen-bond donors (Lipinski definition) is 1. The standard InChI is InChI=1S/C8H6BrF2NO2/c9-7-5(8(10)11)1-4(3-12-7)2-6(13)14/h1,3,8H,2H2,(H,13,14). The summed E-state index contributed by atoms with van der Waals surface area (Å²) in [6.07, 6.45) is -1.71. The first kappa shape index (κ1) is 11.0. The van der Waals surface area contributed by atoms with Crippen LogP contribution in [0.4, 0.5) is 8.78 Å². The van der Waals surface area contributed by atoms with Gasteiger partial charge in [0.2, 0.25) is 0 Å². The summed E-state index contributed by atoms with van der Waals surface area (Å²) in [6, 6.07) is 1.13. The Morgan fingerprint density at radius 1 is 1.64 bits per heavy atom. The van der Waals surface area contributed by atoms with Crippen LogP contribution in [0.25, 0.3) is 0 Å². The summed E-state index contributed by atoms with van der Waals surface area (Å²) in [5.41, 5.74) is -0.0280. The first-order valence-electron chi connectivity index (χ1n) is 3.65. The molecule has 0 atom stereocenters. The van der Waals surface area contributed by atoms with E-state index < -0.39 is 12.4 Å². The fourth-order valence-electron chi connectivity index (χ4n) is 0.935. The molecule has 0 radical (unpaired) electrons. The van der Waals surface area contributed by atoms with Gasteiger partial charge in [-0.05, 0) is 27.6 Å². The number of carbonyl (C=O) groups is 1. The highest BCUT2D eigenvalue weighted by atomic mass is 79.9. The molecular weight excluding hydrogens is 260 g/mol. The predicted molar refractivity (Wildman–Crippen MR) is 48.2 cm³/mol. The molecule has 0 aliphatic heterocycles. The average molecular weight is 266 g/mol. The molecule has 0 bridgehead atoms. The highest BCUT2D eigenvalue weighted by molar-refractivity contribution is 9.10. The van der Waals surface area contributed by atoms with Gasteiger partial charge < -0.3 is 5.11 Å². The molecule has 0 amide bonds. The third kappa shape index (κ3) is 2.73. The number of aromatic nitrogens is 1. The maximum Gasteiger partial charge on any atom is 0.307 e. The van der Waals surface area contributed by atoms with Gasteiger partial charge in [0.1, 0.15) is 4.60 Å². The van der Waals surface area contributed by atoms with Crippen molar-refractivity contribution in [3.05, 3.63) is 28.0 Å². The number of carboxylic acid groups (broad SMARTS) is 1. The van der Waals surface area contributed by atoms with Gasteiger partial charge in [-0.2, -0.15) is 0 Å². The Kier molecular flexibility index (Phi) is 3.51. The van der Waals surface area contributed by atoms with E-state index in [0.717, 1.165) is 6.07 Å². The zero-order valence-electron chi connectivity index (χ0n) is 6.88. The SMILES string of the molecule is O=C(O)Cc1cnc(Br)c(C(F)F)c1. The minimum atomic E-state index is -2.66. The minimum absolute atomic E-state index is 0.0432. The summed E-state index contributed by atoms with van der Waals surface area (Å²) in [5, 5.41) is 8.44. The largest absolute Gasteiger partial charge is 0.481 e. The van der Waals surface area contributed by atoms with Crippen LogP contribution in [0.15, 0.2) is 16.9 Å². The lowest BCUT2D eigenvalue weighted by Crippen LogP contribution is -2.02.